The number of nitrogens with zero attached hydrogens (tertiary/aromatic N) is 1. The van der Waals surface area contributed by atoms with Gasteiger partial charge < -0.3 is 10.3 Å². The van der Waals surface area contributed by atoms with Crippen LogP contribution in [0.2, 0.25) is 0 Å². The molecule has 2 aromatic rings. The van der Waals surface area contributed by atoms with Crippen LogP contribution < -0.4 is 10.9 Å². The van der Waals surface area contributed by atoms with E-state index in [4.69, 9.17) is 0 Å². The van der Waals surface area contributed by atoms with Gasteiger partial charge in [-0.3, -0.25) is 14.5 Å². The Morgan fingerprint density at radius 1 is 1.29 bits per heavy atom. The summed E-state index contributed by atoms with van der Waals surface area (Å²) in [6.07, 6.45) is 4.82. The number of amides is 1. The van der Waals surface area contributed by atoms with Crippen LogP contribution in [0.5, 0.6) is 0 Å². The van der Waals surface area contributed by atoms with Gasteiger partial charge in [-0.15, -0.1) is 0 Å². The minimum absolute atomic E-state index is 0.246. The molecule has 0 bridgehead atoms. The van der Waals surface area contributed by atoms with Crippen molar-refractivity contribution in [2.45, 2.75) is 19.9 Å². The zero-order chi connectivity index (χ0) is 16.9. The number of rotatable bonds is 4. The Morgan fingerprint density at radius 2 is 2.08 bits per heavy atom. The Bertz CT molecular complexity index is 809. The largest absolute Gasteiger partial charge is 0.327 e. The SMILES string of the molecule is CC(=O)Nc1cc(C2=CCN(Cc3ccccc3)CC2)c[nH]c1=O. The van der Waals surface area contributed by atoms with E-state index in [1.54, 1.807) is 12.3 Å². The van der Waals surface area contributed by atoms with Crippen LogP contribution in [-0.2, 0) is 11.3 Å². The van der Waals surface area contributed by atoms with Crippen LogP contribution in [0, 0.1) is 0 Å². The van der Waals surface area contributed by atoms with Gasteiger partial charge in [0.15, 0.2) is 0 Å². The molecule has 0 saturated carbocycles. The van der Waals surface area contributed by atoms with Crippen LogP contribution in [0.15, 0.2) is 53.5 Å². The van der Waals surface area contributed by atoms with Gasteiger partial charge in [0, 0.05) is 32.8 Å². The summed E-state index contributed by atoms with van der Waals surface area (Å²) in [6.45, 7) is 4.18. The summed E-state index contributed by atoms with van der Waals surface area (Å²) in [5.41, 5.74) is 3.48. The molecule has 1 aromatic carbocycles. The van der Waals surface area contributed by atoms with E-state index in [1.807, 2.05) is 6.07 Å². The Labute approximate surface area is 141 Å². The van der Waals surface area contributed by atoms with Crippen molar-refractivity contribution in [3.8, 4) is 0 Å². The van der Waals surface area contributed by atoms with E-state index in [-0.39, 0.29) is 11.5 Å². The van der Waals surface area contributed by atoms with E-state index >= 15 is 0 Å². The predicted octanol–water partition coefficient (Wildman–Crippen LogP) is 2.62. The number of pyridine rings is 1. The van der Waals surface area contributed by atoms with E-state index in [9.17, 15) is 9.59 Å². The number of benzene rings is 1. The molecule has 24 heavy (non-hydrogen) atoms. The Kier molecular flexibility index (Phi) is 4.91. The summed E-state index contributed by atoms with van der Waals surface area (Å²) in [5, 5.41) is 2.57. The molecule has 0 unspecified atom stereocenters. The van der Waals surface area contributed by atoms with Gasteiger partial charge in [0.05, 0.1) is 0 Å². The Morgan fingerprint density at radius 3 is 2.75 bits per heavy atom. The lowest BCUT2D eigenvalue weighted by Crippen LogP contribution is -2.28. The van der Waals surface area contributed by atoms with Gasteiger partial charge in [-0.1, -0.05) is 36.4 Å². The van der Waals surface area contributed by atoms with Gasteiger partial charge in [0.25, 0.3) is 5.56 Å². The molecular formula is C19H21N3O2. The van der Waals surface area contributed by atoms with Crippen molar-refractivity contribution in [3.05, 3.63) is 70.2 Å². The second-order valence-corrected chi connectivity index (χ2v) is 6.01. The van der Waals surface area contributed by atoms with E-state index in [1.165, 1.54) is 18.1 Å². The lowest BCUT2D eigenvalue weighted by Gasteiger charge is -2.26. The highest BCUT2D eigenvalue weighted by Crippen LogP contribution is 2.23. The zero-order valence-electron chi connectivity index (χ0n) is 13.7. The standard InChI is InChI=1S/C19H21N3O2/c1-14(23)21-18-11-17(12-20-19(18)24)16-7-9-22(10-8-16)13-15-5-3-2-4-6-15/h2-7,11-12H,8-10,13H2,1H3,(H,20,24)(H,21,23). The molecule has 5 nitrogen and oxygen atoms in total. The highest BCUT2D eigenvalue weighted by molar-refractivity contribution is 5.89. The fourth-order valence-corrected chi connectivity index (χ4v) is 2.91. The van der Waals surface area contributed by atoms with Crippen molar-refractivity contribution in [2.24, 2.45) is 0 Å². The van der Waals surface area contributed by atoms with Gasteiger partial charge in [-0.05, 0) is 29.2 Å². The van der Waals surface area contributed by atoms with E-state index in [0.29, 0.717) is 5.69 Å². The third-order valence-electron chi connectivity index (χ3n) is 4.13. The number of hydrogen-bond acceptors (Lipinski definition) is 3. The quantitative estimate of drug-likeness (QED) is 0.909. The van der Waals surface area contributed by atoms with Gasteiger partial charge in [0.2, 0.25) is 5.91 Å². The number of hydrogen-bond donors (Lipinski definition) is 2. The maximum atomic E-state index is 11.7. The van der Waals surface area contributed by atoms with Crippen LogP contribution >= 0.6 is 0 Å². The first-order chi connectivity index (χ1) is 11.6. The van der Waals surface area contributed by atoms with Crippen LogP contribution in [0.4, 0.5) is 5.69 Å². The second-order valence-electron chi connectivity index (χ2n) is 6.01. The summed E-state index contributed by atoms with van der Waals surface area (Å²) in [7, 11) is 0. The van der Waals surface area contributed by atoms with Crippen molar-refractivity contribution in [1.29, 1.82) is 0 Å². The maximum Gasteiger partial charge on any atom is 0.271 e. The zero-order valence-corrected chi connectivity index (χ0v) is 13.7. The van der Waals surface area contributed by atoms with Gasteiger partial charge >= 0.3 is 0 Å². The van der Waals surface area contributed by atoms with Crippen molar-refractivity contribution in [1.82, 2.24) is 9.88 Å². The molecule has 0 atom stereocenters. The van der Waals surface area contributed by atoms with E-state index in [2.05, 4.69) is 45.5 Å². The lowest BCUT2D eigenvalue weighted by atomic mass is 10.0. The lowest BCUT2D eigenvalue weighted by molar-refractivity contribution is -0.114. The fraction of sp³-hybridized carbons (Fsp3) is 0.263. The van der Waals surface area contributed by atoms with Gasteiger partial charge in [0.1, 0.15) is 5.69 Å². The van der Waals surface area contributed by atoms with Crippen LogP contribution in [-0.4, -0.2) is 28.9 Å². The monoisotopic (exact) mass is 323 g/mol. The summed E-state index contributed by atoms with van der Waals surface area (Å²) >= 11 is 0. The maximum absolute atomic E-state index is 11.7. The van der Waals surface area contributed by atoms with Crippen LogP contribution in [0.25, 0.3) is 5.57 Å². The second kappa shape index (κ2) is 7.27. The third kappa shape index (κ3) is 4.00. The molecule has 0 saturated heterocycles. The minimum Gasteiger partial charge on any atom is -0.327 e. The van der Waals surface area contributed by atoms with E-state index < -0.39 is 0 Å². The average Bonchev–Trinajstić information content (AvgIpc) is 2.58. The molecule has 2 heterocycles. The number of carbonyl (C=O) groups is 1. The Hall–Kier alpha value is -2.66. The van der Waals surface area contributed by atoms with Gasteiger partial charge in [-0.25, -0.2) is 0 Å². The first-order valence-corrected chi connectivity index (χ1v) is 8.08. The van der Waals surface area contributed by atoms with E-state index in [0.717, 1.165) is 31.6 Å². The number of nitrogens with one attached hydrogen (secondary N) is 2. The number of aromatic nitrogens is 1. The molecule has 1 aliphatic heterocycles. The molecule has 0 fully saturated rings. The fourth-order valence-electron chi connectivity index (χ4n) is 2.91. The molecule has 0 aliphatic carbocycles. The number of carbonyl (C=O) groups excluding carboxylic acids is 1. The summed E-state index contributed by atoms with van der Waals surface area (Å²) in [6, 6.07) is 12.2. The molecule has 124 valence electrons. The minimum atomic E-state index is -0.281. The molecular weight excluding hydrogens is 302 g/mol. The summed E-state index contributed by atoms with van der Waals surface area (Å²) in [4.78, 5) is 28.0. The highest BCUT2D eigenvalue weighted by atomic mass is 16.2. The normalized spacial score (nSPS) is 15.0. The molecule has 1 aromatic heterocycles. The molecule has 2 N–H and O–H groups in total. The number of H-pyrrole nitrogens is 1. The van der Waals surface area contributed by atoms with Crippen molar-refractivity contribution >= 4 is 17.2 Å². The topological polar surface area (TPSA) is 65.2 Å². The first-order valence-electron chi connectivity index (χ1n) is 8.08. The van der Waals surface area contributed by atoms with Crippen molar-refractivity contribution in [2.75, 3.05) is 18.4 Å². The highest BCUT2D eigenvalue weighted by Gasteiger charge is 2.14. The Balaban J connectivity index is 1.71. The van der Waals surface area contributed by atoms with Crippen molar-refractivity contribution in [3.63, 3.8) is 0 Å². The number of anilines is 1. The van der Waals surface area contributed by atoms with Crippen molar-refractivity contribution < 1.29 is 4.79 Å². The molecule has 1 aliphatic rings. The molecule has 5 heteroatoms. The molecule has 1 amide bonds. The molecule has 0 spiro atoms. The molecule has 3 rings (SSSR count). The molecule has 0 radical (unpaired) electrons. The van der Waals surface area contributed by atoms with Crippen LogP contribution in [0.3, 0.4) is 0 Å². The number of aromatic amines is 1. The smallest absolute Gasteiger partial charge is 0.271 e. The third-order valence-corrected chi connectivity index (χ3v) is 4.13. The summed E-state index contributed by atoms with van der Waals surface area (Å²) in [5.74, 6) is -0.246. The average molecular weight is 323 g/mol. The predicted molar refractivity (Wildman–Crippen MR) is 95.7 cm³/mol. The first kappa shape index (κ1) is 16.2. The van der Waals surface area contributed by atoms with Gasteiger partial charge in [-0.2, -0.15) is 0 Å². The van der Waals surface area contributed by atoms with Crippen LogP contribution in [0.1, 0.15) is 24.5 Å². The summed E-state index contributed by atoms with van der Waals surface area (Å²) < 4.78 is 0.